The second kappa shape index (κ2) is 3.47. The minimum atomic E-state index is -0.117. The minimum Gasteiger partial charge on any atom is -0.463 e. The number of benzene rings is 1. The van der Waals surface area contributed by atoms with Crippen molar-refractivity contribution in [3.8, 4) is 0 Å². The molecular formula is C10H11NO2. The molecule has 0 aromatic heterocycles. The van der Waals surface area contributed by atoms with Gasteiger partial charge >= 0.3 is 5.97 Å². The SMILES string of the molecule is O=C1C[C@@H](Nc2ccccc2)CO1. The van der Waals surface area contributed by atoms with Crippen molar-refractivity contribution >= 4 is 11.7 Å². The molecule has 3 heteroatoms. The van der Waals surface area contributed by atoms with Gasteiger partial charge in [-0.25, -0.2) is 0 Å². The molecule has 68 valence electrons. The van der Waals surface area contributed by atoms with Crippen molar-refractivity contribution in [2.75, 3.05) is 11.9 Å². The van der Waals surface area contributed by atoms with Gasteiger partial charge in [0.05, 0.1) is 12.5 Å². The number of para-hydroxylation sites is 1. The Hall–Kier alpha value is -1.51. The summed E-state index contributed by atoms with van der Waals surface area (Å²) in [5, 5.41) is 3.23. The van der Waals surface area contributed by atoms with Crippen molar-refractivity contribution < 1.29 is 9.53 Å². The molecule has 2 rings (SSSR count). The third-order valence-electron chi connectivity index (χ3n) is 2.00. The molecule has 1 aromatic rings. The number of nitrogens with one attached hydrogen (secondary N) is 1. The van der Waals surface area contributed by atoms with Crippen molar-refractivity contribution in [3.63, 3.8) is 0 Å². The number of rotatable bonds is 2. The highest BCUT2D eigenvalue weighted by molar-refractivity contribution is 5.73. The number of hydrogen-bond acceptors (Lipinski definition) is 3. The van der Waals surface area contributed by atoms with E-state index in [1.165, 1.54) is 0 Å². The number of carbonyl (C=O) groups excluding carboxylic acids is 1. The molecule has 1 N–H and O–H groups in total. The van der Waals surface area contributed by atoms with Gasteiger partial charge in [0.25, 0.3) is 0 Å². The number of hydrogen-bond donors (Lipinski definition) is 1. The predicted molar refractivity (Wildman–Crippen MR) is 49.4 cm³/mol. The highest BCUT2D eigenvalue weighted by Crippen LogP contribution is 2.13. The van der Waals surface area contributed by atoms with E-state index in [1.807, 2.05) is 30.3 Å². The van der Waals surface area contributed by atoms with Crippen LogP contribution in [0.15, 0.2) is 30.3 Å². The third kappa shape index (κ3) is 1.99. The number of anilines is 1. The van der Waals surface area contributed by atoms with Crippen LogP contribution in [-0.4, -0.2) is 18.6 Å². The number of carbonyl (C=O) groups is 1. The maximum absolute atomic E-state index is 10.8. The largest absolute Gasteiger partial charge is 0.463 e. The average Bonchev–Trinajstić information content (AvgIpc) is 2.53. The van der Waals surface area contributed by atoms with Crippen molar-refractivity contribution in [3.05, 3.63) is 30.3 Å². The molecule has 3 nitrogen and oxygen atoms in total. The standard InChI is InChI=1S/C10H11NO2/c12-10-6-9(7-13-10)11-8-4-2-1-3-5-8/h1-5,9,11H,6-7H2/t9-/m1/s1. The van der Waals surface area contributed by atoms with Gasteiger partial charge < -0.3 is 10.1 Å². The monoisotopic (exact) mass is 177 g/mol. The molecule has 0 aliphatic carbocycles. The van der Waals surface area contributed by atoms with Crippen LogP contribution in [0.25, 0.3) is 0 Å². The highest BCUT2D eigenvalue weighted by atomic mass is 16.5. The zero-order valence-electron chi connectivity index (χ0n) is 7.19. The molecule has 1 aliphatic heterocycles. The summed E-state index contributed by atoms with van der Waals surface area (Å²) < 4.78 is 4.84. The maximum Gasteiger partial charge on any atom is 0.308 e. The Balaban J connectivity index is 1.96. The van der Waals surface area contributed by atoms with Crippen LogP contribution < -0.4 is 5.32 Å². The molecular weight excluding hydrogens is 166 g/mol. The molecule has 1 aliphatic rings. The molecule has 0 unspecified atom stereocenters. The summed E-state index contributed by atoms with van der Waals surface area (Å²) in [5.74, 6) is -0.117. The molecule has 1 heterocycles. The summed E-state index contributed by atoms with van der Waals surface area (Å²) in [6, 6.07) is 9.96. The van der Waals surface area contributed by atoms with E-state index in [1.54, 1.807) is 0 Å². The fourth-order valence-corrected chi connectivity index (χ4v) is 1.38. The van der Waals surface area contributed by atoms with Crippen LogP contribution in [0, 0.1) is 0 Å². The number of cyclic esters (lactones) is 1. The Morgan fingerprint density at radius 3 is 2.69 bits per heavy atom. The number of esters is 1. The van der Waals surface area contributed by atoms with Crippen LogP contribution in [0.4, 0.5) is 5.69 Å². The second-order valence-electron chi connectivity index (χ2n) is 3.09. The summed E-state index contributed by atoms with van der Waals surface area (Å²) in [6.07, 6.45) is 0.467. The molecule has 1 saturated heterocycles. The topological polar surface area (TPSA) is 38.3 Å². The minimum absolute atomic E-state index is 0.117. The lowest BCUT2D eigenvalue weighted by Gasteiger charge is -2.09. The first-order valence-electron chi connectivity index (χ1n) is 4.32. The van der Waals surface area contributed by atoms with Crippen LogP contribution in [0.2, 0.25) is 0 Å². The highest BCUT2D eigenvalue weighted by Gasteiger charge is 2.22. The van der Waals surface area contributed by atoms with Crippen molar-refractivity contribution in [1.82, 2.24) is 0 Å². The van der Waals surface area contributed by atoms with Gasteiger partial charge in [-0.15, -0.1) is 0 Å². The van der Waals surface area contributed by atoms with Gasteiger partial charge in [0.2, 0.25) is 0 Å². The lowest BCUT2D eigenvalue weighted by molar-refractivity contribution is -0.137. The van der Waals surface area contributed by atoms with Gasteiger partial charge in [-0.05, 0) is 12.1 Å². The summed E-state index contributed by atoms with van der Waals surface area (Å²) in [5.41, 5.74) is 1.03. The first-order valence-corrected chi connectivity index (χ1v) is 4.32. The van der Waals surface area contributed by atoms with E-state index in [4.69, 9.17) is 4.74 Å². The lowest BCUT2D eigenvalue weighted by Crippen LogP contribution is -2.18. The number of ether oxygens (including phenoxy) is 1. The zero-order valence-corrected chi connectivity index (χ0v) is 7.19. The first-order chi connectivity index (χ1) is 6.34. The molecule has 1 aromatic carbocycles. The van der Waals surface area contributed by atoms with E-state index in [0.717, 1.165) is 5.69 Å². The Morgan fingerprint density at radius 2 is 2.08 bits per heavy atom. The molecule has 0 radical (unpaired) electrons. The second-order valence-corrected chi connectivity index (χ2v) is 3.09. The Morgan fingerprint density at radius 1 is 1.31 bits per heavy atom. The molecule has 1 fully saturated rings. The summed E-state index contributed by atoms with van der Waals surface area (Å²) in [7, 11) is 0. The van der Waals surface area contributed by atoms with E-state index in [0.29, 0.717) is 13.0 Å². The Labute approximate surface area is 76.7 Å². The van der Waals surface area contributed by atoms with E-state index >= 15 is 0 Å². The molecule has 0 saturated carbocycles. The normalized spacial score (nSPS) is 21.2. The Bertz CT molecular complexity index is 297. The van der Waals surface area contributed by atoms with Gasteiger partial charge in [0, 0.05) is 5.69 Å². The molecule has 0 amide bonds. The Kier molecular flexibility index (Phi) is 2.17. The van der Waals surface area contributed by atoms with Gasteiger partial charge in [-0.2, -0.15) is 0 Å². The predicted octanol–water partition coefficient (Wildman–Crippen LogP) is 1.41. The lowest BCUT2D eigenvalue weighted by atomic mass is 10.2. The fraction of sp³-hybridized carbons (Fsp3) is 0.300. The summed E-state index contributed by atoms with van der Waals surface area (Å²) in [6.45, 7) is 0.480. The molecule has 0 bridgehead atoms. The first kappa shape index (κ1) is 8.10. The van der Waals surface area contributed by atoms with Crippen LogP contribution in [-0.2, 0) is 9.53 Å². The quantitative estimate of drug-likeness (QED) is 0.694. The van der Waals surface area contributed by atoms with Crippen molar-refractivity contribution in [1.29, 1.82) is 0 Å². The summed E-state index contributed by atoms with van der Waals surface area (Å²) >= 11 is 0. The van der Waals surface area contributed by atoms with Gasteiger partial charge in [-0.3, -0.25) is 4.79 Å². The third-order valence-corrected chi connectivity index (χ3v) is 2.00. The van der Waals surface area contributed by atoms with E-state index in [9.17, 15) is 4.79 Å². The van der Waals surface area contributed by atoms with E-state index < -0.39 is 0 Å². The van der Waals surface area contributed by atoms with Crippen LogP contribution in [0.1, 0.15) is 6.42 Å². The fourth-order valence-electron chi connectivity index (χ4n) is 1.38. The molecule has 1 atom stereocenters. The average molecular weight is 177 g/mol. The van der Waals surface area contributed by atoms with Gasteiger partial charge in [-0.1, -0.05) is 18.2 Å². The zero-order chi connectivity index (χ0) is 9.10. The molecule has 0 spiro atoms. The molecule has 13 heavy (non-hydrogen) atoms. The van der Waals surface area contributed by atoms with Crippen molar-refractivity contribution in [2.24, 2.45) is 0 Å². The van der Waals surface area contributed by atoms with Gasteiger partial charge in [0.15, 0.2) is 0 Å². The van der Waals surface area contributed by atoms with Gasteiger partial charge in [0.1, 0.15) is 6.61 Å². The van der Waals surface area contributed by atoms with E-state index in [2.05, 4.69) is 5.32 Å². The maximum atomic E-state index is 10.8. The smallest absolute Gasteiger partial charge is 0.308 e. The van der Waals surface area contributed by atoms with Crippen LogP contribution in [0.3, 0.4) is 0 Å². The van der Waals surface area contributed by atoms with Crippen LogP contribution in [0.5, 0.6) is 0 Å². The van der Waals surface area contributed by atoms with Crippen LogP contribution >= 0.6 is 0 Å². The summed E-state index contributed by atoms with van der Waals surface area (Å²) in [4.78, 5) is 10.8. The van der Waals surface area contributed by atoms with Crippen molar-refractivity contribution in [2.45, 2.75) is 12.5 Å². The van der Waals surface area contributed by atoms with E-state index in [-0.39, 0.29) is 12.0 Å².